The van der Waals surface area contributed by atoms with Crippen LogP contribution in [0.5, 0.6) is 0 Å². The molecule has 2 aromatic rings. The number of carbonyl (C=O) groups is 2. The summed E-state index contributed by atoms with van der Waals surface area (Å²) in [5.74, 6) is -1.72. The molecule has 3 rings (SSSR count). The molecule has 0 fully saturated rings. The second-order valence-electron chi connectivity index (χ2n) is 5.68. The maximum absolute atomic E-state index is 12.3. The number of oxime groups is 1. The van der Waals surface area contributed by atoms with Crippen molar-refractivity contribution in [3.63, 3.8) is 0 Å². The van der Waals surface area contributed by atoms with Crippen molar-refractivity contribution in [2.24, 2.45) is 5.16 Å². The molecular weight excluding hydrogens is 344 g/mol. The number of nitrogens with zero attached hydrogens (tertiary/aromatic N) is 1. The molecule has 1 aliphatic rings. The summed E-state index contributed by atoms with van der Waals surface area (Å²) in [6.07, 6.45) is -0.414. The van der Waals surface area contributed by atoms with E-state index in [1.807, 2.05) is 6.07 Å². The number of halogens is 1. The number of benzene rings is 2. The minimum absolute atomic E-state index is 0.0473. The largest absolute Gasteiger partial charge is 0.478 e. The predicted molar refractivity (Wildman–Crippen MR) is 93.7 cm³/mol. The molecule has 1 atom stereocenters. The highest BCUT2D eigenvalue weighted by atomic mass is 35.5. The fourth-order valence-corrected chi connectivity index (χ4v) is 2.83. The van der Waals surface area contributed by atoms with Gasteiger partial charge in [0.1, 0.15) is 0 Å². The van der Waals surface area contributed by atoms with Crippen LogP contribution >= 0.6 is 11.6 Å². The number of carboxylic acid groups (broad SMARTS) is 1. The van der Waals surface area contributed by atoms with Crippen molar-refractivity contribution in [2.75, 3.05) is 5.32 Å². The lowest BCUT2D eigenvalue weighted by Gasteiger charge is -2.21. The zero-order valence-electron chi connectivity index (χ0n) is 13.1. The molecule has 25 heavy (non-hydrogen) atoms. The van der Waals surface area contributed by atoms with Crippen molar-refractivity contribution in [3.05, 3.63) is 65.2 Å². The van der Waals surface area contributed by atoms with Crippen LogP contribution in [0.2, 0.25) is 5.02 Å². The predicted octanol–water partition coefficient (Wildman–Crippen LogP) is 3.32. The zero-order chi connectivity index (χ0) is 17.9. The van der Waals surface area contributed by atoms with Crippen molar-refractivity contribution in [1.82, 2.24) is 0 Å². The Morgan fingerprint density at radius 1 is 1.16 bits per heavy atom. The van der Waals surface area contributed by atoms with Gasteiger partial charge in [0.2, 0.25) is 11.5 Å². The van der Waals surface area contributed by atoms with E-state index in [1.54, 1.807) is 48.5 Å². The average molecular weight is 359 g/mol. The molecule has 2 N–H and O–H groups in total. The molecule has 0 spiro atoms. The van der Waals surface area contributed by atoms with Gasteiger partial charge >= 0.3 is 5.97 Å². The number of aliphatic carboxylic acids is 1. The first-order chi connectivity index (χ1) is 12.0. The number of anilines is 1. The highest BCUT2D eigenvalue weighted by Crippen LogP contribution is 2.32. The van der Waals surface area contributed by atoms with Crippen molar-refractivity contribution in [2.45, 2.75) is 18.4 Å². The molecule has 0 radical (unpaired) electrons. The lowest BCUT2D eigenvalue weighted by molar-refractivity contribution is -0.165. The molecule has 0 aromatic heterocycles. The van der Waals surface area contributed by atoms with E-state index in [9.17, 15) is 14.7 Å². The van der Waals surface area contributed by atoms with Gasteiger partial charge in [-0.25, -0.2) is 4.79 Å². The van der Waals surface area contributed by atoms with Crippen molar-refractivity contribution in [1.29, 1.82) is 0 Å². The number of carboxylic acids is 1. The van der Waals surface area contributed by atoms with Gasteiger partial charge in [0.05, 0.1) is 12.1 Å². The zero-order valence-corrected chi connectivity index (χ0v) is 13.9. The Bertz CT molecular complexity index is 838. The molecule has 1 aliphatic heterocycles. The van der Waals surface area contributed by atoms with Gasteiger partial charge in [-0.3, -0.25) is 4.79 Å². The Balaban J connectivity index is 1.75. The average Bonchev–Trinajstić information content (AvgIpc) is 3.01. The van der Waals surface area contributed by atoms with E-state index >= 15 is 0 Å². The SMILES string of the molecule is O=C(C[C@]1(C(=O)O)CC(c2ccccc2Cl)=NO1)Nc1ccccc1. The number of nitrogens with one attached hydrogen (secondary N) is 1. The fraction of sp³-hybridized carbons (Fsp3) is 0.167. The minimum atomic E-state index is -1.74. The standard InChI is InChI=1S/C18H15ClN2O4/c19-14-9-5-4-8-13(14)15-10-18(17(23)24,25-21-15)11-16(22)20-12-6-2-1-3-7-12/h1-9H,10-11H2,(H,20,22)(H,23,24)/t18-/m0/s1. The Morgan fingerprint density at radius 2 is 1.84 bits per heavy atom. The molecule has 1 amide bonds. The van der Waals surface area contributed by atoms with Crippen molar-refractivity contribution < 1.29 is 19.5 Å². The minimum Gasteiger partial charge on any atom is -0.478 e. The van der Waals surface area contributed by atoms with Gasteiger partial charge in [-0.15, -0.1) is 0 Å². The van der Waals surface area contributed by atoms with E-state index in [0.717, 1.165) is 0 Å². The molecule has 7 heteroatoms. The number of para-hydroxylation sites is 1. The summed E-state index contributed by atoms with van der Waals surface area (Å²) in [7, 11) is 0. The van der Waals surface area contributed by atoms with Gasteiger partial charge in [-0.05, 0) is 18.2 Å². The Labute approximate surface area is 149 Å². The molecule has 0 saturated carbocycles. The summed E-state index contributed by atoms with van der Waals surface area (Å²) < 4.78 is 0. The van der Waals surface area contributed by atoms with Crippen LogP contribution in [-0.4, -0.2) is 28.3 Å². The van der Waals surface area contributed by atoms with Crippen molar-refractivity contribution >= 4 is 34.9 Å². The molecule has 2 aromatic carbocycles. The summed E-state index contributed by atoms with van der Waals surface area (Å²) in [6, 6.07) is 15.7. The van der Waals surface area contributed by atoms with E-state index in [4.69, 9.17) is 16.4 Å². The Morgan fingerprint density at radius 3 is 2.52 bits per heavy atom. The van der Waals surface area contributed by atoms with Gasteiger partial charge in [0.15, 0.2) is 0 Å². The van der Waals surface area contributed by atoms with Crippen LogP contribution in [0.3, 0.4) is 0 Å². The van der Waals surface area contributed by atoms with Crippen molar-refractivity contribution in [3.8, 4) is 0 Å². The van der Waals surface area contributed by atoms with E-state index < -0.39 is 17.5 Å². The highest BCUT2D eigenvalue weighted by molar-refractivity contribution is 6.34. The lowest BCUT2D eigenvalue weighted by Crippen LogP contribution is -2.42. The quantitative estimate of drug-likeness (QED) is 0.858. The van der Waals surface area contributed by atoms with E-state index in [2.05, 4.69) is 10.5 Å². The second-order valence-corrected chi connectivity index (χ2v) is 6.08. The molecular formula is C18H15ClN2O4. The number of carbonyl (C=O) groups excluding carboxylic acids is 1. The first-order valence-corrected chi connectivity index (χ1v) is 7.96. The lowest BCUT2D eigenvalue weighted by atomic mass is 9.90. The van der Waals surface area contributed by atoms with Crippen LogP contribution in [0.4, 0.5) is 5.69 Å². The van der Waals surface area contributed by atoms with Crippen LogP contribution in [-0.2, 0) is 14.4 Å². The first kappa shape index (κ1) is 17.0. The normalized spacial score (nSPS) is 19.0. The third kappa shape index (κ3) is 3.64. The first-order valence-electron chi connectivity index (χ1n) is 7.58. The molecule has 0 saturated heterocycles. The van der Waals surface area contributed by atoms with Gasteiger partial charge in [0, 0.05) is 22.7 Å². The Kier molecular flexibility index (Phi) is 4.72. The van der Waals surface area contributed by atoms with Crippen LogP contribution in [0, 0.1) is 0 Å². The summed E-state index contributed by atoms with van der Waals surface area (Å²) in [5.41, 5.74) is -0.164. The molecule has 128 valence electrons. The fourth-order valence-electron chi connectivity index (χ4n) is 2.59. The molecule has 0 unspecified atom stereocenters. The number of rotatable bonds is 5. The van der Waals surface area contributed by atoms with E-state index in [-0.39, 0.29) is 12.8 Å². The molecule has 6 nitrogen and oxygen atoms in total. The highest BCUT2D eigenvalue weighted by Gasteiger charge is 2.49. The summed E-state index contributed by atoms with van der Waals surface area (Å²) in [4.78, 5) is 29.2. The smallest absolute Gasteiger partial charge is 0.351 e. The Hall–Kier alpha value is -2.86. The third-order valence-corrected chi connectivity index (χ3v) is 4.19. The summed E-state index contributed by atoms with van der Waals surface area (Å²) in [6.45, 7) is 0. The van der Waals surface area contributed by atoms with Crippen LogP contribution in [0.1, 0.15) is 18.4 Å². The maximum Gasteiger partial charge on any atom is 0.351 e. The number of hydrogen-bond donors (Lipinski definition) is 2. The van der Waals surface area contributed by atoms with Gasteiger partial charge in [-0.2, -0.15) is 0 Å². The molecule has 0 bridgehead atoms. The second kappa shape index (κ2) is 6.94. The van der Waals surface area contributed by atoms with E-state index in [1.165, 1.54) is 0 Å². The van der Waals surface area contributed by atoms with E-state index in [0.29, 0.717) is 22.0 Å². The maximum atomic E-state index is 12.3. The van der Waals surface area contributed by atoms with Gasteiger partial charge < -0.3 is 15.3 Å². The van der Waals surface area contributed by atoms with Crippen LogP contribution < -0.4 is 5.32 Å². The van der Waals surface area contributed by atoms with Gasteiger partial charge in [-0.1, -0.05) is 53.2 Å². The molecule has 1 heterocycles. The summed E-state index contributed by atoms with van der Waals surface area (Å²) >= 11 is 6.13. The number of amides is 1. The van der Waals surface area contributed by atoms with Crippen LogP contribution in [0.25, 0.3) is 0 Å². The van der Waals surface area contributed by atoms with Gasteiger partial charge in [0.25, 0.3) is 0 Å². The summed E-state index contributed by atoms with van der Waals surface area (Å²) in [5, 5.41) is 16.6. The number of hydrogen-bond acceptors (Lipinski definition) is 4. The topological polar surface area (TPSA) is 88.0 Å². The third-order valence-electron chi connectivity index (χ3n) is 3.86. The van der Waals surface area contributed by atoms with Crippen LogP contribution in [0.15, 0.2) is 59.8 Å². The molecule has 0 aliphatic carbocycles. The monoisotopic (exact) mass is 358 g/mol.